The second kappa shape index (κ2) is 7.02. The van der Waals surface area contributed by atoms with E-state index >= 15 is 0 Å². The largest absolute Gasteiger partial charge is 0.294 e. The van der Waals surface area contributed by atoms with E-state index in [0.29, 0.717) is 11.7 Å². The van der Waals surface area contributed by atoms with Gasteiger partial charge in [0.25, 0.3) is 0 Å². The molecular formula is C13H18OS2. The third-order valence-corrected chi connectivity index (χ3v) is 3.71. The average molecular weight is 254 g/mol. The Bertz CT molecular complexity index is 330. The van der Waals surface area contributed by atoms with Gasteiger partial charge in [-0.05, 0) is 18.4 Å². The van der Waals surface area contributed by atoms with Crippen molar-refractivity contribution in [2.75, 3.05) is 12.0 Å². The van der Waals surface area contributed by atoms with Crippen LogP contribution in [0.4, 0.5) is 0 Å². The van der Waals surface area contributed by atoms with Gasteiger partial charge >= 0.3 is 0 Å². The van der Waals surface area contributed by atoms with Gasteiger partial charge in [-0.2, -0.15) is 11.8 Å². The minimum atomic E-state index is 0.246. The van der Waals surface area contributed by atoms with E-state index < -0.39 is 0 Å². The van der Waals surface area contributed by atoms with Crippen molar-refractivity contribution in [1.82, 2.24) is 0 Å². The predicted molar refractivity (Wildman–Crippen MR) is 74.8 cm³/mol. The molecule has 0 aliphatic heterocycles. The first kappa shape index (κ1) is 13.7. The molecule has 0 unspecified atom stereocenters. The van der Waals surface area contributed by atoms with E-state index in [9.17, 15) is 4.79 Å². The number of carbonyl (C=O) groups excluding carboxylic acids is 1. The minimum absolute atomic E-state index is 0.246. The molecule has 16 heavy (non-hydrogen) atoms. The van der Waals surface area contributed by atoms with Crippen molar-refractivity contribution >= 4 is 29.3 Å². The van der Waals surface area contributed by atoms with Gasteiger partial charge in [0.1, 0.15) is 0 Å². The zero-order valence-electron chi connectivity index (χ0n) is 10.0. The lowest BCUT2D eigenvalue weighted by Crippen LogP contribution is -2.00. The van der Waals surface area contributed by atoms with Gasteiger partial charge in [-0.1, -0.05) is 26.0 Å². The lowest BCUT2D eigenvalue weighted by Gasteiger charge is -2.05. The van der Waals surface area contributed by atoms with Crippen LogP contribution in [0.3, 0.4) is 0 Å². The highest BCUT2D eigenvalue weighted by atomic mass is 32.2. The topological polar surface area (TPSA) is 17.1 Å². The summed E-state index contributed by atoms with van der Waals surface area (Å²) in [6, 6.07) is 7.95. The van der Waals surface area contributed by atoms with Crippen molar-refractivity contribution in [3.05, 3.63) is 29.8 Å². The van der Waals surface area contributed by atoms with Crippen LogP contribution in [-0.2, 0) is 0 Å². The molecule has 0 saturated heterocycles. The molecule has 0 radical (unpaired) electrons. The van der Waals surface area contributed by atoms with E-state index in [1.807, 2.05) is 42.3 Å². The molecule has 0 atom stereocenters. The molecule has 1 aromatic carbocycles. The first-order valence-electron chi connectivity index (χ1n) is 5.42. The smallest absolute Gasteiger partial charge is 0.163 e. The average Bonchev–Trinajstić information content (AvgIpc) is 2.26. The molecule has 0 amide bonds. The molecule has 1 nitrogen and oxygen atoms in total. The van der Waals surface area contributed by atoms with Gasteiger partial charge in [0, 0.05) is 27.9 Å². The molecule has 3 heteroatoms. The van der Waals surface area contributed by atoms with E-state index in [4.69, 9.17) is 0 Å². The molecule has 0 saturated carbocycles. The van der Waals surface area contributed by atoms with Crippen LogP contribution in [-0.4, -0.2) is 23.0 Å². The van der Waals surface area contributed by atoms with Crippen LogP contribution in [0.1, 0.15) is 30.6 Å². The Morgan fingerprint density at radius 3 is 2.38 bits per heavy atom. The SMILES string of the molecule is CSCCC(=O)c1ccc(SC(C)C)cc1. The standard InChI is InChI=1S/C13H18OS2/c1-10(2)16-12-6-4-11(5-7-12)13(14)8-9-15-3/h4-7,10H,8-9H2,1-3H3. The summed E-state index contributed by atoms with van der Waals surface area (Å²) in [7, 11) is 0. The van der Waals surface area contributed by atoms with Gasteiger partial charge in [0.05, 0.1) is 0 Å². The van der Waals surface area contributed by atoms with Crippen molar-refractivity contribution in [1.29, 1.82) is 0 Å². The van der Waals surface area contributed by atoms with Gasteiger partial charge in [-0.3, -0.25) is 4.79 Å². The second-order valence-electron chi connectivity index (χ2n) is 3.86. The summed E-state index contributed by atoms with van der Waals surface area (Å²) < 4.78 is 0. The van der Waals surface area contributed by atoms with Gasteiger partial charge in [0.2, 0.25) is 0 Å². The fraction of sp³-hybridized carbons (Fsp3) is 0.462. The number of benzene rings is 1. The maximum Gasteiger partial charge on any atom is 0.163 e. The van der Waals surface area contributed by atoms with Gasteiger partial charge in [-0.25, -0.2) is 0 Å². The summed E-state index contributed by atoms with van der Waals surface area (Å²) in [6.45, 7) is 4.34. The maximum atomic E-state index is 11.7. The van der Waals surface area contributed by atoms with Crippen molar-refractivity contribution in [3.63, 3.8) is 0 Å². The van der Waals surface area contributed by atoms with Crippen LogP contribution >= 0.6 is 23.5 Å². The number of rotatable bonds is 6. The third kappa shape index (κ3) is 4.62. The molecule has 0 aliphatic carbocycles. The van der Waals surface area contributed by atoms with Gasteiger partial charge in [-0.15, -0.1) is 11.8 Å². The van der Waals surface area contributed by atoms with Crippen molar-refractivity contribution < 1.29 is 4.79 Å². The zero-order valence-corrected chi connectivity index (χ0v) is 11.7. The lowest BCUT2D eigenvalue weighted by atomic mass is 10.1. The number of Topliss-reactive ketones (excluding diaryl/α,β-unsaturated/α-hetero) is 1. The van der Waals surface area contributed by atoms with Crippen LogP contribution in [0.5, 0.6) is 0 Å². The predicted octanol–water partition coefficient (Wildman–Crippen LogP) is 4.12. The maximum absolute atomic E-state index is 11.7. The Hall–Kier alpha value is -0.410. The molecule has 1 rings (SSSR count). The lowest BCUT2D eigenvalue weighted by molar-refractivity contribution is 0.0989. The third-order valence-electron chi connectivity index (χ3n) is 2.08. The molecule has 0 heterocycles. The number of carbonyl (C=O) groups is 1. The molecule has 0 spiro atoms. The summed E-state index contributed by atoms with van der Waals surface area (Å²) in [5.41, 5.74) is 0.835. The highest BCUT2D eigenvalue weighted by Gasteiger charge is 2.05. The summed E-state index contributed by atoms with van der Waals surface area (Å²) in [5, 5.41) is 0.582. The van der Waals surface area contributed by atoms with E-state index in [1.165, 1.54) is 4.90 Å². The second-order valence-corrected chi connectivity index (χ2v) is 6.49. The molecule has 0 aromatic heterocycles. The van der Waals surface area contributed by atoms with Gasteiger partial charge in [0.15, 0.2) is 5.78 Å². The van der Waals surface area contributed by atoms with Crippen LogP contribution in [0.2, 0.25) is 0 Å². The van der Waals surface area contributed by atoms with E-state index in [2.05, 4.69) is 13.8 Å². The van der Waals surface area contributed by atoms with Gasteiger partial charge < -0.3 is 0 Å². The zero-order chi connectivity index (χ0) is 12.0. The highest BCUT2D eigenvalue weighted by Crippen LogP contribution is 2.23. The molecule has 0 fully saturated rings. The van der Waals surface area contributed by atoms with Crippen LogP contribution in [0.15, 0.2) is 29.2 Å². The highest BCUT2D eigenvalue weighted by molar-refractivity contribution is 7.99. The Kier molecular flexibility index (Phi) is 5.99. The van der Waals surface area contributed by atoms with E-state index in [1.54, 1.807) is 11.8 Å². The molecule has 0 N–H and O–H groups in total. The number of thioether (sulfide) groups is 2. The number of ketones is 1. The number of hydrogen-bond donors (Lipinski definition) is 0. The van der Waals surface area contributed by atoms with Crippen molar-refractivity contribution in [2.45, 2.75) is 30.4 Å². The van der Waals surface area contributed by atoms with Crippen LogP contribution in [0.25, 0.3) is 0 Å². The number of hydrogen-bond acceptors (Lipinski definition) is 3. The van der Waals surface area contributed by atoms with E-state index in [0.717, 1.165) is 11.3 Å². The first-order valence-corrected chi connectivity index (χ1v) is 7.69. The summed E-state index contributed by atoms with van der Waals surface area (Å²) in [6.07, 6.45) is 2.66. The Morgan fingerprint density at radius 2 is 1.88 bits per heavy atom. The fourth-order valence-electron chi connectivity index (χ4n) is 1.33. The van der Waals surface area contributed by atoms with Crippen molar-refractivity contribution in [3.8, 4) is 0 Å². The first-order chi connectivity index (χ1) is 7.63. The molecule has 0 bridgehead atoms. The minimum Gasteiger partial charge on any atom is -0.294 e. The summed E-state index contributed by atoms with van der Waals surface area (Å²) >= 11 is 3.53. The quantitative estimate of drug-likeness (QED) is 0.561. The monoisotopic (exact) mass is 254 g/mol. The normalized spacial score (nSPS) is 10.8. The fourth-order valence-corrected chi connectivity index (χ4v) is 2.56. The Morgan fingerprint density at radius 1 is 1.25 bits per heavy atom. The summed E-state index contributed by atoms with van der Waals surface area (Å²) in [5.74, 6) is 1.15. The van der Waals surface area contributed by atoms with Crippen molar-refractivity contribution in [2.24, 2.45) is 0 Å². The van der Waals surface area contributed by atoms with Crippen LogP contribution in [0, 0.1) is 0 Å². The molecule has 88 valence electrons. The molecule has 1 aromatic rings. The molecular weight excluding hydrogens is 236 g/mol. The van der Waals surface area contributed by atoms with Crippen LogP contribution < -0.4 is 0 Å². The Balaban J connectivity index is 2.60. The van der Waals surface area contributed by atoms with E-state index in [-0.39, 0.29) is 5.78 Å². The Labute approximate surface area is 106 Å². The molecule has 0 aliphatic rings. The summed E-state index contributed by atoms with van der Waals surface area (Å²) in [4.78, 5) is 12.9.